The van der Waals surface area contributed by atoms with E-state index in [1.54, 1.807) is 0 Å². The molecule has 0 spiro atoms. The maximum atomic E-state index is 4.61. The van der Waals surface area contributed by atoms with Crippen molar-refractivity contribution in [2.75, 3.05) is 6.54 Å². The Morgan fingerprint density at radius 2 is 2.36 bits per heavy atom. The fraction of sp³-hybridized carbons (Fsp3) is 0.364. The number of aliphatic imine (C=N–C) groups is 2. The molecule has 1 unspecified atom stereocenters. The first kappa shape index (κ1) is 7.85. The molecule has 0 aliphatic carbocycles. The molecule has 0 saturated heterocycles. The number of nitrogens with zero attached hydrogens (tertiary/aromatic N) is 3. The molecule has 0 radical (unpaired) electrons. The summed E-state index contributed by atoms with van der Waals surface area (Å²) in [7, 11) is 0. The third-order valence-corrected chi connectivity index (χ3v) is 2.81. The third-order valence-electron chi connectivity index (χ3n) is 2.81. The lowest BCUT2D eigenvalue weighted by Gasteiger charge is -2.24. The van der Waals surface area contributed by atoms with Gasteiger partial charge in [0.05, 0.1) is 17.9 Å². The van der Waals surface area contributed by atoms with E-state index < -0.39 is 0 Å². The number of fused-ring (bicyclic) bond motifs is 2. The molecule has 2 aliphatic heterocycles. The number of rotatable bonds is 0. The maximum absolute atomic E-state index is 4.61. The summed E-state index contributed by atoms with van der Waals surface area (Å²) >= 11 is 0. The van der Waals surface area contributed by atoms with Crippen molar-refractivity contribution in [2.24, 2.45) is 15.9 Å². The van der Waals surface area contributed by atoms with E-state index >= 15 is 0 Å². The summed E-state index contributed by atoms with van der Waals surface area (Å²) in [6.45, 7) is 0.777. The van der Waals surface area contributed by atoms with Crippen molar-refractivity contribution in [1.82, 2.24) is 4.98 Å². The van der Waals surface area contributed by atoms with E-state index in [4.69, 9.17) is 0 Å². The van der Waals surface area contributed by atoms with Gasteiger partial charge >= 0.3 is 0 Å². The van der Waals surface area contributed by atoms with Crippen molar-refractivity contribution >= 4 is 17.6 Å². The molecule has 1 aromatic heterocycles. The van der Waals surface area contributed by atoms with Crippen molar-refractivity contribution in [3.8, 4) is 0 Å². The minimum absolute atomic E-state index is 0.551. The molecule has 1 atom stereocenters. The Balaban J connectivity index is 2.07. The summed E-state index contributed by atoms with van der Waals surface area (Å²) in [4.78, 5) is 13.2. The smallest absolute Gasteiger partial charge is 0.0845 e. The number of hydrogen-bond donors (Lipinski definition) is 0. The van der Waals surface area contributed by atoms with Crippen LogP contribution in [-0.2, 0) is 6.42 Å². The Morgan fingerprint density at radius 3 is 3.36 bits per heavy atom. The van der Waals surface area contributed by atoms with Gasteiger partial charge in [-0.2, -0.15) is 0 Å². The SMILES string of the molecule is C1=NCC2=Nc3cccnc3CC2C1. The first-order valence-electron chi connectivity index (χ1n) is 4.93. The normalized spacial score (nSPS) is 23.7. The van der Waals surface area contributed by atoms with Gasteiger partial charge in [-0.3, -0.25) is 15.0 Å². The minimum atomic E-state index is 0.551. The minimum Gasteiger partial charge on any atom is -0.291 e. The quantitative estimate of drug-likeness (QED) is 0.607. The molecule has 3 rings (SSSR count). The molecule has 3 heterocycles. The predicted octanol–water partition coefficient (Wildman–Crippen LogP) is 1.80. The van der Waals surface area contributed by atoms with Crippen molar-refractivity contribution in [3.05, 3.63) is 24.0 Å². The fourth-order valence-electron chi connectivity index (χ4n) is 2.03. The zero-order valence-corrected chi connectivity index (χ0v) is 7.85. The molecule has 0 N–H and O–H groups in total. The zero-order valence-electron chi connectivity index (χ0n) is 7.85. The van der Waals surface area contributed by atoms with E-state index in [2.05, 4.69) is 15.0 Å². The van der Waals surface area contributed by atoms with Gasteiger partial charge in [-0.15, -0.1) is 0 Å². The highest BCUT2D eigenvalue weighted by atomic mass is 14.9. The van der Waals surface area contributed by atoms with E-state index in [0.29, 0.717) is 5.92 Å². The van der Waals surface area contributed by atoms with Gasteiger partial charge < -0.3 is 0 Å². The molecule has 0 bridgehead atoms. The van der Waals surface area contributed by atoms with Crippen molar-refractivity contribution in [1.29, 1.82) is 0 Å². The van der Waals surface area contributed by atoms with Crippen LogP contribution in [0.4, 0.5) is 5.69 Å². The van der Waals surface area contributed by atoms with Gasteiger partial charge in [0.1, 0.15) is 0 Å². The first-order chi connectivity index (χ1) is 6.93. The molecule has 1 aromatic rings. The molecule has 14 heavy (non-hydrogen) atoms. The Morgan fingerprint density at radius 1 is 1.36 bits per heavy atom. The topological polar surface area (TPSA) is 37.6 Å². The monoisotopic (exact) mass is 185 g/mol. The van der Waals surface area contributed by atoms with Crippen LogP contribution in [0.2, 0.25) is 0 Å². The summed E-state index contributed by atoms with van der Waals surface area (Å²) in [5.74, 6) is 0.551. The first-order valence-corrected chi connectivity index (χ1v) is 4.93. The van der Waals surface area contributed by atoms with Gasteiger partial charge in [-0.25, -0.2) is 0 Å². The summed E-state index contributed by atoms with van der Waals surface area (Å²) in [5.41, 5.74) is 3.40. The second kappa shape index (κ2) is 3.01. The highest BCUT2D eigenvalue weighted by Gasteiger charge is 2.24. The highest BCUT2D eigenvalue weighted by Crippen LogP contribution is 2.29. The lowest BCUT2D eigenvalue weighted by molar-refractivity contribution is 0.677. The lowest BCUT2D eigenvalue weighted by atomic mass is 9.89. The molecular formula is C11H11N3. The van der Waals surface area contributed by atoms with Crippen LogP contribution >= 0.6 is 0 Å². The van der Waals surface area contributed by atoms with E-state index in [1.165, 1.54) is 5.71 Å². The fourth-order valence-corrected chi connectivity index (χ4v) is 2.03. The molecule has 3 nitrogen and oxygen atoms in total. The van der Waals surface area contributed by atoms with Gasteiger partial charge in [0.2, 0.25) is 0 Å². The summed E-state index contributed by atoms with van der Waals surface area (Å²) in [5, 5.41) is 0. The van der Waals surface area contributed by atoms with Crippen molar-refractivity contribution in [3.63, 3.8) is 0 Å². The van der Waals surface area contributed by atoms with E-state index in [1.807, 2.05) is 24.5 Å². The molecule has 3 heteroatoms. The van der Waals surface area contributed by atoms with Gasteiger partial charge in [0.15, 0.2) is 0 Å². The molecule has 0 fully saturated rings. The molecule has 0 aromatic carbocycles. The molecule has 0 amide bonds. The Kier molecular flexibility index (Phi) is 1.69. The lowest BCUT2D eigenvalue weighted by Crippen LogP contribution is -2.27. The van der Waals surface area contributed by atoms with E-state index in [-0.39, 0.29) is 0 Å². The van der Waals surface area contributed by atoms with Crippen molar-refractivity contribution < 1.29 is 0 Å². The van der Waals surface area contributed by atoms with Crippen LogP contribution in [0, 0.1) is 5.92 Å². The van der Waals surface area contributed by atoms with Crippen LogP contribution in [-0.4, -0.2) is 23.5 Å². The van der Waals surface area contributed by atoms with Crippen LogP contribution in [0.15, 0.2) is 28.3 Å². The van der Waals surface area contributed by atoms with Crippen LogP contribution < -0.4 is 0 Å². The van der Waals surface area contributed by atoms with Crippen LogP contribution in [0.1, 0.15) is 12.1 Å². The van der Waals surface area contributed by atoms with Gasteiger partial charge in [-0.1, -0.05) is 0 Å². The number of aromatic nitrogens is 1. The summed E-state index contributed by atoms with van der Waals surface area (Å²) in [6, 6.07) is 3.97. The average molecular weight is 185 g/mol. The number of hydrogen-bond acceptors (Lipinski definition) is 3. The largest absolute Gasteiger partial charge is 0.291 e. The molecule has 0 saturated carbocycles. The van der Waals surface area contributed by atoms with Crippen LogP contribution in [0.3, 0.4) is 0 Å². The third kappa shape index (κ3) is 1.16. The second-order valence-corrected chi connectivity index (χ2v) is 3.73. The van der Waals surface area contributed by atoms with Gasteiger partial charge in [0.25, 0.3) is 0 Å². The zero-order chi connectivity index (χ0) is 9.38. The molecule has 70 valence electrons. The average Bonchev–Trinajstić information content (AvgIpc) is 2.26. The highest BCUT2D eigenvalue weighted by molar-refractivity contribution is 5.96. The summed E-state index contributed by atoms with van der Waals surface area (Å²) < 4.78 is 0. The van der Waals surface area contributed by atoms with Crippen LogP contribution in [0.25, 0.3) is 0 Å². The standard InChI is InChI=1S/C11H11N3/c1-2-9-10(13-4-1)6-8-3-5-12-7-11(8)14-9/h1-2,4-5,8H,3,6-7H2. The van der Waals surface area contributed by atoms with Gasteiger partial charge in [-0.05, 0) is 24.8 Å². The molecular weight excluding hydrogens is 174 g/mol. The van der Waals surface area contributed by atoms with Crippen molar-refractivity contribution in [2.45, 2.75) is 12.8 Å². The summed E-state index contributed by atoms with van der Waals surface area (Å²) in [6.07, 6.45) is 5.91. The second-order valence-electron chi connectivity index (χ2n) is 3.73. The predicted molar refractivity (Wildman–Crippen MR) is 56.5 cm³/mol. The molecule has 2 aliphatic rings. The maximum Gasteiger partial charge on any atom is 0.0845 e. The Hall–Kier alpha value is -1.51. The van der Waals surface area contributed by atoms with E-state index in [0.717, 1.165) is 30.8 Å². The van der Waals surface area contributed by atoms with Gasteiger partial charge in [0, 0.05) is 24.2 Å². The Labute approximate surface area is 82.6 Å². The number of pyridine rings is 1. The Bertz CT molecular complexity index is 420. The van der Waals surface area contributed by atoms with Crippen LogP contribution in [0.5, 0.6) is 0 Å². The van der Waals surface area contributed by atoms with E-state index in [9.17, 15) is 0 Å².